The molecule has 1 aromatic carbocycles. The van der Waals surface area contributed by atoms with Gasteiger partial charge in [-0.15, -0.1) is 11.3 Å². The van der Waals surface area contributed by atoms with Gasteiger partial charge in [0.1, 0.15) is 5.82 Å². The number of aromatic nitrogens is 1. The molecule has 0 aliphatic rings. The molecule has 23 heavy (non-hydrogen) atoms. The van der Waals surface area contributed by atoms with E-state index in [-0.39, 0.29) is 11.0 Å². The molecule has 0 fully saturated rings. The van der Waals surface area contributed by atoms with Gasteiger partial charge < -0.3 is 4.57 Å². The summed E-state index contributed by atoms with van der Waals surface area (Å²) in [7, 11) is 0. The number of hydrogen-bond acceptors (Lipinski definition) is 2. The maximum atomic E-state index is 13.9. The minimum absolute atomic E-state index is 0.0166. The average molecular weight is 446 g/mol. The highest BCUT2D eigenvalue weighted by atomic mass is 127. The van der Waals surface area contributed by atoms with Crippen LogP contribution in [-0.4, -0.2) is 10.5 Å². The van der Waals surface area contributed by atoms with Crippen LogP contribution in [0.4, 0.5) is 4.39 Å². The molecule has 0 saturated heterocycles. The van der Waals surface area contributed by atoms with Crippen LogP contribution in [-0.2, 0) is 12.0 Å². The van der Waals surface area contributed by atoms with Crippen molar-refractivity contribution in [2.24, 2.45) is 4.99 Å². The Kier molecular flexibility index (Phi) is 5.45. The molecule has 0 spiro atoms. The minimum atomic E-state index is -0.537. The molecule has 2 aromatic rings. The van der Waals surface area contributed by atoms with Gasteiger partial charge in [0.2, 0.25) is 0 Å². The number of carbonyl (C=O) groups is 1. The predicted octanol–water partition coefficient (Wildman–Crippen LogP) is 4.66. The molecule has 3 nitrogen and oxygen atoms in total. The molecule has 0 atom stereocenters. The second-order valence-corrected chi connectivity index (χ2v) is 8.56. The first-order valence-corrected chi connectivity index (χ1v) is 9.29. The second kappa shape index (κ2) is 6.84. The van der Waals surface area contributed by atoms with E-state index in [9.17, 15) is 9.18 Å². The van der Waals surface area contributed by atoms with E-state index in [4.69, 9.17) is 0 Å². The first kappa shape index (κ1) is 18.3. The second-order valence-electron chi connectivity index (χ2n) is 6.33. The number of hydrogen-bond donors (Lipinski definition) is 0. The Bertz CT molecular complexity index is 815. The van der Waals surface area contributed by atoms with Crippen LogP contribution in [0, 0.1) is 16.3 Å². The number of halogens is 2. The molecule has 0 N–H and O–H groups in total. The van der Waals surface area contributed by atoms with Gasteiger partial charge in [0.05, 0.1) is 5.56 Å². The van der Waals surface area contributed by atoms with Crippen LogP contribution in [0.2, 0.25) is 0 Å². The van der Waals surface area contributed by atoms with Gasteiger partial charge in [0.15, 0.2) is 4.80 Å². The van der Waals surface area contributed by atoms with Gasteiger partial charge in [-0.1, -0.05) is 20.8 Å². The molecule has 1 heterocycles. The number of thiazole rings is 1. The molecule has 0 unspecified atom stereocenters. The van der Waals surface area contributed by atoms with Crippen molar-refractivity contribution in [3.8, 4) is 0 Å². The van der Waals surface area contributed by atoms with Crippen molar-refractivity contribution in [1.29, 1.82) is 0 Å². The number of rotatable bonds is 2. The maximum Gasteiger partial charge on any atom is 0.282 e. The van der Waals surface area contributed by atoms with E-state index in [1.165, 1.54) is 28.3 Å². The summed E-state index contributed by atoms with van der Waals surface area (Å²) in [4.78, 5) is 18.4. The van der Waals surface area contributed by atoms with Crippen LogP contribution < -0.4 is 4.80 Å². The fourth-order valence-electron chi connectivity index (χ4n) is 2.45. The van der Waals surface area contributed by atoms with Crippen molar-refractivity contribution in [1.82, 2.24) is 4.57 Å². The van der Waals surface area contributed by atoms with Gasteiger partial charge in [-0.2, -0.15) is 4.99 Å². The Hall–Kier alpha value is -1.02. The predicted molar refractivity (Wildman–Crippen MR) is 100 cm³/mol. The molecular weight excluding hydrogens is 426 g/mol. The number of benzene rings is 1. The highest BCUT2D eigenvalue weighted by Crippen LogP contribution is 2.28. The molecule has 0 radical (unpaired) electrons. The lowest BCUT2D eigenvalue weighted by atomic mass is 9.93. The van der Waals surface area contributed by atoms with E-state index in [0.29, 0.717) is 4.80 Å². The first-order valence-electron chi connectivity index (χ1n) is 7.40. The lowest BCUT2D eigenvalue weighted by molar-refractivity contribution is 0.0994. The van der Waals surface area contributed by atoms with E-state index in [1.807, 2.05) is 18.4 Å². The van der Waals surface area contributed by atoms with Gasteiger partial charge >= 0.3 is 0 Å². The van der Waals surface area contributed by atoms with Crippen molar-refractivity contribution >= 4 is 39.8 Å². The summed E-state index contributed by atoms with van der Waals surface area (Å²) in [5.74, 6) is -1.07. The maximum absolute atomic E-state index is 13.9. The molecule has 0 aliphatic heterocycles. The van der Waals surface area contributed by atoms with Crippen LogP contribution >= 0.6 is 33.9 Å². The third-order valence-electron chi connectivity index (χ3n) is 3.51. The zero-order chi connectivity index (χ0) is 17.4. The lowest BCUT2D eigenvalue weighted by Crippen LogP contribution is -2.18. The molecule has 0 aliphatic carbocycles. The molecule has 6 heteroatoms. The largest absolute Gasteiger partial charge is 0.321 e. The van der Waals surface area contributed by atoms with Gasteiger partial charge in [-0.05, 0) is 60.1 Å². The summed E-state index contributed by atoms with van der Waals surface area (Å²) < 4.78 is 16.7. The lowest BCUT2D eigenvalue weighted by Gasteiger charge is -2.17. The fraction of sp³-hybridized carbons (Fsp3) is 0.412. The number of amides is 1. The summed E-state index contributed by atoms with van der Waals surface area (Å²) in [6, 6.07) is 4.47. The molecular formula is C17H20FIN2OS. The zero-order valence-corrected chi connectivity index (χ0v) is 16.9. The standard InChI is InChI=1S/C17H20FIN2OS/c1-6-21-10(2)14(17(3,4)5)23-16(21)20-15(22)12-9-11(19)7-8-13(12)18/h7-9H,6H2,1-5H3. The molecule has 0 saturated carbocycles. The Labute approximate surface area is 153 Å². The molecule has 1 aromatic heterocycles. The number of carbonyl (C=O) groups excluding carboxylic acids is 1. The summed E-state index contributed by atoms with van der Waals surface area (Å²) in [6.45, 7) is 11.2. The highest BCUT2D eigenvalue weighted by Gasteiger charge is 2.22. The van der Waals surface area contributed by atoms with Crippen LogP contribution in [0.3, 0.4) is 0 Å². The Morgan fingerprint density at radius 1 is 1.39 bits per heavy atom. The normalized spacial score (nSPS) is 12.7. The fourth-order valence-corrected chi connectivity index (χ4v) is 4.19. The molecule has 2 rings (SSSR count). The SMILES string of the molecule is CCn1c(C)c(C(C)(C)C)sc1=NC(=O)c1cc(I)ccc1F. The summed E-state index contributed by atoms with van der Waals surface area (Å²) in [5.41, 5.74) is 1.11. The van der Waals surface area contributed by atoms with Crippen molar-refractivity contribution in [2.45, 2.75) is 46.6 Å². The third kappa shape index (κ3) is 3.91. The molecule has 0 bridgehead atoms. The van der Waals surface area contributed by atoms with Crippen LogP contribution in [0.1, 0.15) is 48.6 Å². The van der Waals surface area contributed by atoms with Crippen molar-refractivity contribution in [3.05, 3.63) is 48.5 Å². The van der Waals surface area contributed by atoms with E-state index in [2.05, 4.69) is 48.4 Å². The van der Waals surface area contributed by atoms with Crippen LogP contribution in [0.5, 0.6) is 0 Å². The topological polar surface area (TPSA) is 34.4 Å². The van der Waals surface area contributed by atoms with E-state index in [1.54, 1.807) is 6.07 Å². The summed E-state index contributed by atoms with van der Waals surface area (Å²) in [5, 5.41) is 0. The van der Waals surface area contributed by atoms with Crippen LogP contribution in [0.15, 0.2) is 23.2 Å². The van der Waals surface area contributed by atoms with E-state index >= 15 is 0 Å². The van der Waals surface area contributed by atoms with Gasteiger partial charge in [-0.3, -0.25) is 4.79 Å². The molecule has 124 valence electrons. The quantitative estimate of drug-likeness (QED) is 0.618. The van der Waals surface area contributed by atoms with Crippen molar-refractivity contribution in [2.75, 3.05) is 0 Å². The molecule has 1 amide bonds. The summed E-state index contributed by atoms with van der Waals surface area (Å²) in [6.07, 6.45) is 0. The zero-order valence-electron chi connectivity index (χ0n) is 13.9. The first-order chi connectivity index (χ1) is 10.6. The highest BCUT2D eigenvalue weighted by molar-refractivity contribution is 14.1. The smallest absolute Gasteiger partial charge is 0.282 e. The summed E-state index contributed by atoms with van der Waals surface area (Å²) >= 11 is 3.56. The van der Waals surface area contributed by atoms with Gasteiger partial charge in [0, 0.05) is 20.7 Å². The van der Waals surface area contributed by atoms with Gasteiger partial charge in [-0.25, -0.2) is 4.39 Å². The van der Waals surface area contributed by atoms with Crippen molar-refractivity contribution in [3.63, 3.8) is 0 Å². The van der Waals surface area contributed by atoms with Gasteiger partial charge in [0.25, 0.3) is 5.91 Å². The van der Waals surface area contributed by atoms with E-state index in [0.717, 1.165) is 15.8 Å². The Morgan fingerprint density at radius 2 is 2.04 bits per heavy atom. The Morgan fingerprint density at radius 3 is 2.61 bits per heavy atom. The number of nitrogens with zero attached hydrogens (tertiary/aromatic N) is 2. The van der Waals surface area contributed by atoms with Crippen molar-refractivity contribution < 1.29 is 9.18 Å². The van der Waals surface area contributed by atoms with E-state index < -0.39 is 11.7 Å². The Balaban J connectivity index is 2.59. The van der Waals surface area contributed by atoms with Crippen LogP contribution in [0.25, 0.3) is 0 Å². The minimum Gasteiger partial charge on any atom is -0.321 e. The monoisotopic (exact) mass is 446 g/mol. The average Bonchev–Trinajstić information content (AvgIpc) is 2.77. The third-order valence-corrected chi connectivity index (χ3v) is 5.79.